The van der Waals surface area contributed by atoms with Crippen molar-refractivity contribution in [2.24, 2.45) is 0 Å². The Morgan fingerprint density at radius 2 is 1.90 bits per heavy atom. The molecule has 158 valence electrons. The van der Waals surface area contributed by atoms with Crippen LogP contribution in [0.3, 0.4) is 0 Å². The lowest BCUT2D eigenvalue weighted by Crippen LogP contribution is -2.24. The van der Waals surface area contributed by atoms with E-state index >= 15 is 0 Å². The van der Waals surface area contributed by atoms with Crippen molar-refractivity contribution in [3.63, 3.8) is 0 Å². The van der Waals surface area contributed by atoms with Gasteiger partial charge in [0, 0.05) is 23.3 Å². The molecular formula is C25H24N2O4. The molecule has 1 amide bonds. The first kappa shape index (κ1) is 19.5. The molecule has 5 rings (SSSR count). The quantitative estimate of drug-likeness (QED) is 0.639. The van der Waals surface area contributed by atoms with E-state index in [-0.39, 0.29) is 23.0 Å². The number of aromatic nitrogens is 1. The highest BCUT2D eigenvalue weighted by Gasteiger charge is 2.52. The second-order valence-corrected chi connectivity index (χ2v) is 8.48. The van der Waals surface area contributed by atoms with E-state index in [0.29, 0.717) is 17.7 Å². The summed E-state index contributed by atoms with van der Waals surface area (Å²) < 4.78 is 7.24. The van der Waals surface area contributed by atoms with E-state index < -0.39 is 11.3 Å². The molecule has 3 aromatic rings. The van der Waals surface area contributed by atoms with Crippen LogP contribution in [0.1, 0.15) is 54.2 Å². The molecular weight excluding hydrogens is 392 g/mol. The molecule has 1 saturated carbocycles. The number of amides is 1. The van der Waals surface area contributed by atoms with Gasteiger partial charge in [0.05, 0.1) is 17.5 Å². The average Bonchev–Trinajstić information content (AvgIpc) is 3.51. The van der Waals surface area contributed by atoms with Gasteiger partial charge in [-0.3, -0.25) is 14.4 Å². The van der Waals surface area contributed by atoms with Crippen LogP contribution in [0.2, 0.25) is 0 Å². The Kier molecular flexibility index (Phi) is 4.46. The lowest BCUT2D eigenvalue weighted by molar-refractivity contribution is -0.146. The zero-order valence-electron chi connectivity index (χ0n) is 17.6. The number of esters is 1. The minimum absolute atomic E-state index is 0.132. The van der Waals surface area contributed by atoms with Crippen LogP contribution in [0.15, 0.2) is 53.5 Å². The summed E-state index contributed by atoms with van der Waals surface area (Å²) >= 11 is 0. The Balaban J connectivity index is 1.42. The number of nitrogens with zero attached hydrogens (tertiary/aromatic N) is 1. The fourth-order valence-electron chi connectivity index (χ4n) is 4.65. The molecule has 1 aliphatic heterocycles. The second kappa shape index (κ2) is 7.08. The number of hydrogen-bond acceptors (Lipinski definition) is 4. The normalized spacial score (nSPS) is 18.1. The summed E-state index contributed by atoms with van der Waals surface area (Å²) in [6.45, 7) is 4.25. The van der Waals surface area contributed by atoms with Gasteiger partial charge in [-0.1, -0.05) is 24.3 Å². The van der Waals surface area contributed by atoms with Crippen molar-refractivity contribution in [1.82, 2.24) is 4.57 Å². The van der Waals surface area contributed by atoms with Crippen LogP contribution in [0.4, 0.5) is 5.69 Å². The monoisotopic (exact) mass is 416 g/mol. The van der Waals surface area contributed by atoms with E-state index in [1.165, 1.54) is 0 Å². The largest absolute Gasteiger partial charge is 0.465 e. The zero-order valence-corrected chi connectivity index (χ0v) is 17.6. The molecule has 0 spiro atoms. The van der Waals surface area contributed by atoms with Gasteiger partial charge in [0.2, 0.25) is 5.43 Å². The van der Waals surface area contributed by atoms with E-state index in [1.807, 2.05) is 28.8 Å². The van der Waals surface area contributed by atoms with Crippen molar-refractivity contribution in [2.45, 2.75) is 44.6 Å². The van der Waals surface area contributed by atoms with Crippen molar-refractivity contribution >= 4 is 28.5 Å². The third kappa shape index (κ3) is 3.05. The Morgan fingerprint density at radius 1 is 1.16 bits per heavy atom. The minimum Gasteiger partial charge on any atom is -0.465 e. The van der Waals surface area contributed by atoms with Gasteiger partial charge in [0.15, 0.2) is 0 Å². The van der Waals surface area contributed by atoms with Crippen LogP contribution in [-0.4, -0.2) is 23.1 Å². The van der Waals surface area contributed by atoms with Crippen LogP contribution in [-0.2, 0) is 21.4 Å². The molecule has 1 atom stereocenters. The summed E-state index contributed by atoms with van der Waals surface area (Å²) in [5, 5.41) is 3.41. The first-order valence-electron chi connectivity index (χ1n) is 10.7. The van der Waals surface area contributed by atoms with E-state index in [2.05, 4.69) is 12.2 Å². The molecule has 0 saturated heterocycles. The number of pyridine rings is 1. The van der Waals surface area contributed by atoms with E-state index in [1.54, 1.807) is 31.3 Å². The molecule has 1 unspecified atom stereocenters. The van der Waals surface area contributed by atoms with Gasteiger partial charge in [0.25, 0.3) is 5.91 Å². The van der Waals surface area contributed by atoms with Crippen molar-refractivity contribution < 1.29 is 14.3 Å². The number of benzene rings is 2. The maximum atomic E-state index is 13.0. The molecule has 6 nitrogen and oxygen atoms in total. The van der Waals surface area contributed by atoms with Gasteiger partial charge >= 0.3 is 5.97 Å². The summed E-state index contributed by atoms with van der Waals surface area (Å²) in [5.41, 5.74) is 2.87. The lowest BCUT2D eigenvalue weighted by Gasteiger charge is -2.15. The summed E-state index contributed by atoms with van der Waals surface area (Å²) in [6.07, 6.45) is 4.07. The maximum absolute atomic E-state index is 13.0. The first-order chi connectivity index (χ1) is 14.9. The molecule has 1 aliphatic carbocycles. The smallest absolute Gasteiger partial charge is 0.316 e. The molecule has 31 heavy (non-hydrogen) atoms. The van der Waals surface area contributed by atoms with Crippen LogP contribution in [0, 0.1) is 0 Å². The predicted octanol–water partition coefficient (Wildman–Crippen LogP) is 3.97. The molecule has 2 heterocycles. The molecule has 2 aliphatic rings. The van der Waals surface area contributed by atoms with Crippen LogP contribution < -0.4 is 10.7 Å². The number of rotatable bonds is 5. The van der Waals surface area contributed by atoms with Crippen molar-refractivity contribution in [1.29, 1.82) is 0 Å². The fraction of sp³-hybridized carbons (Fsp3) is 0.320. The SMILES string of the molecule is CCOC(=O)C1(c2ccc(NC(=O)c3cn4c5c(cccc5c3=O)CC4C)cc2)CC1. The van der Waals surface area contributed by atoms with E-state index in [4.69, 9.17) is 4.74 Å². The van der Waals surface area contributed by atoms with Crippen LogP contribution in [0.25, 0.3) is 10.9 Å². The zero-order chi connectivity index (χ0) is 21.8. The third-order valence-corrected chi connectivity index (χ3v) is 6.48. The Morgan fingerprint density at radius 3 is 2.58 bits per heavy atom. The van der Waals surface area contributed by atoms with Gasteiger partial charge in [-0.2, -0.15) is 0 Å². The molecule has 6 heteroatoms. The molecule has 1 aromatic heterocycles. The number of ether oxygens (including phenoxy) is 1. The summed E-state index contributed by atoms with van der Waals surface area (Å²) in [4.78, 5) is 38.2. The number of carbonyl (C=O) groups is 2. The molecule has 0 bridgehead atoms. The third-order valence-electron chi connectivity index (χ3n) is 6.48. The Hall–Kier alpha value is -3.41. The highest BCUT2D eigenvalue weighted by atomic mass is 16.5. The molecule has 1 N–H and O–H groups in total. The highest BCUT2D eigenvalue weighted by Crippen LogP contribution is 2.49. The molecule has 1 fully saturated rings. The van der Waals surface area contributed by atoms with Gasteiger partial charge in [-0.05, 0) is 62.4 Å². The van der Waals surface area contributed by atoms with Crippen LogP contribution in [0.5, 0.6) is 0 Å². The number of anilines is 1. The number of nitrogens with one attached hydrogen (secondary N) is 1. The van der Waals surface area contributed by atoms with Gasteiger partial charge in [0.1, 0.15) is 5.56 Å². The molecule has 0 radical (unpaired) electrons. The fourth-order valence-corrected chi connectivity index (χ4v) is 4.65. The number of hydrogen-bond donors (Lipinski definition) is 1. The van der Waals surface area contributed by atoms with Gasteiger partial charge in [-0.25, -0.2) is 0 Å². The summed E-state index contributed by atoms with van der Waals surface area (Å²) in [7, 11) is 0. The summed E-state index contributed by atoms with van der Waals surface area (Å²) in [6, 6.07) is 13.1. The summed E-state index contributed by atoms with van der Waals surface area (Å²) in [5.74, 6) is -0.623. The van der Waals surface area contributed by atoms with Crippen molar-refractivity contribution in [2.75, 3.05) is 11.9 Å². The predicted molar refractivity (Wildman–Crippen MR) is 119 cm³/mol. The van der Waals surface area contributed by atoms with Gasteiger partial charge < -0.3 is 14.6 Å². The Labute approximate surface area is 179 Å². The highest BCUT2D eigenvalue weighted by molar-refractivity contribution is 6.06. The minimum atomic E-state index is -0.548. The Bertz CT molecular complexity index is 1270. The molecule has 2 aromatic carbocycles. The van der Waals surface area contributed by atoms with Crippen LogP contribution >= 0.6 is 0 Å². The van der Waals surface area contributed by atoms with E-state index in [0.717, 1.165) is 35.9 Å². The van der Waals surface area contributed by atoms with Crippen molar-refractivity contribution in [3.05, 3.63) is 75.6 Å². The van der Waals surface area contributed by atoms with Crippen molar-refractivity contribution in [3.8, 4) is 0 Å². The second-order valence-electron chi connectivity index (χ2n) is 8.48. The average molecular weight is 416 g/mol. The maximum Gasteiger partial charge on any atom is 0.316 e. The number of para-hydroxylation sites is 1. The number of carbonyl (C=O) groups excluding carboxylic acids is 2. The first-order valence-corrected chi connectivity index (χ1v) is 10.7. The lowest BCUT2D eigenvalue weighted by atomic mass is 9.96. The van der Waals surface area contributed by atoms with Gasteiger partial charge in [-0.15, -0.1) is 0 Å². The standard InChI is InChI=1S/C25H24N2O4/c1-3-31-24(30)25(11-12-25)17-7-9-18(10-8-17)26-23(29)20-14-27-15(2)13-16-5-4-6-19(21(16)27)22(20)28/h4-10,14-15H,3,11-13H2,1-2H3,(H,26,29). The van der Waals surface area contributed by atoms with E-state index in [9.17, 15) is 14.4 Å². The topological polar surface area (TPSA) is 77.4 Å².